The minimum atomic E-state index is -3.91. The lowest BCUT2D eigenvalue weighted by Crippen LogP contribution is -2.41. The van der Waals surface area contributed by atoms with E-state index in [1.165, 1.54) is 43.6 Å². The molecule has 1 N–H and O–H groups in total. The lowest BCUT2D eigenvalue weighted by Gasteiger charge is -2.31. The van der Waals surface area contributed by atoms with Gasteiger partial charge in [0.05, 0.1) is 30.2 Å². The van der Waals surface area contributed by atoms with Crippen LogP contribution in [0, 0.1) is 5.92 Å². The summed E-state index contributed by atoms with van der Waals surface area (Å²) in [5.74, 6) is -1.43. The average molecular weight is 412 g/mol. The first-order chi connectivity index (χ1) is 13.2. The van der Waals surface area contributed by atoms with Crippen molar-refractivity contribution >= 4 is 27.9 Å². The molecule has 1 aromatic carbocycles. The van der Waals surface area contributed by atoms with Crippen molar-refractivity contribution in [1.29, 1.82) is 0 Å². The fourth-order valence-corrected chi connectivity index (χ4v) is 4.55. The topological polar surface area (TPSA) is 119 Å². The van der Waals surface area contributed by atoms with E-state index >= 15 is 0 Å². The van der Waals surface area contributed by atoms with Gasteiger partial charge >= 0.3 is 11.9 Å². The number of amides is 1. The van der Waals surface area contributed by atoms with Crippen LogP contribution in [-0.2, 0) is 24.3 Å². The summed E-state index contributed by atoms with van der Waals surface area (Å²) in [5.41, 5.74) is -0.103. The van der Waals surface area contributed by atoms with Gasteiger partial charge in [-0.15, -0.1) is 0 Å². The van der Waals surface area contributed by atoms with Gasteiger partial charge in [-0.2, -0.15) is 4.31 Å². The molecule has 1 aliphatic rings. The molecular weight excluding hydrogens is 388 g/mol. The van der Waals surface area contributed by atoms with Gasteiger partial charge in [0.25, 0.3) is 0 Å². The van der Waals surface area contributed by atoms with Crippen molar-refractivity contribution in [2.75, 3.05) is 33.9 Å². The number of hydrogen-bond acceptors (Lipinski definition) is 7. The van der Waals surface area contributed by atoms with Gasteiger partial charge in [0, 0.05) is 26.6 Å². The first-order valence-electron chi connectivity index (χ1n) is 8.75. The predicted molar refractivity (Wildman–Crippen MR) is 99.3 cm³/mol. The number of esters is 2. The van der Waals surface area contributed by atoms with Gasteiger partial charge in [-0.05, 0) is 37.0 Å². The SMILES string of the molecule is COC(=O)c1cc(C(=O)OC)cc(S(=O)(=O)N2CCC(CNC(C)=O)CC2)c1. The van der Waals surface area contributed by atoms with Gasteiger partial charge in [-0.1, -0.05) is 0 Å². The third-order valence-corrected chi connectivity index (χ3v) is 6.48. The molecule has 0 aliphatic carbocycles. The number of ether oxygens (including phenoxy) is 2. The van der Waals surface area contributed by atoms with Crippen LogP contribution in [0.5, 0.6) is 0 Å². The molecule has 10 heteroatoms. The van der Waals surface area contributed by atoms with Gasteiger partial charge in [0.2, 0.25) is 15.9 Å². The number of nitrogens with one attached hydrogen (secondary N) is 1. The van der Waals surface area contributed by atoms with Crippen LogP contribution >= 0.6 is 0 Å². The van der Waals surface area contributed by atoms with E-state index in [1.807, 2.05) is 0 Å². The molecule has 1 amide bonds. The summed E-state index contributed by atoms with van der Waals surface area (Å²) in [6, 6.07) is 3.62. The van der Waals surface area contributed by atoms with E-state index in [9.17, 15) is 22.8 Å². The highest BCUT2D eigenvalue weighted by Gasteiger charge is 2.31. The first-order valence-corrected chi connectivity index (χ1v) is 10.2. The maximum absolute atomic E-state index is 13.0. The Hall–Kier alpha value is -2.46. The van der Waals surface area contributed by atoms with Crippen LogP contribution in [0.1, 0.15) is 40.5 Å². The van der Waals surface area contributed by atoms with Crippen LogP contribution in [0.25, 0.3) is 0 Å². The normalized spacial score (nSPS) is 15.7. The molecule has 0 aromatic heterocycles. The number of piperidine rings is 1. The number of methoxy groups -OCH3 is 2. The van der Waals surface area contributed by atoms with Crippen molar-refractivity contribution in [2.45, 2.75) is 24.7 Å². The number of nitrogens with zero attached hydrogens (tertiary/aromatic N) is 1. The summed E-state index contributed by atoms with van der Waals surface area (Å²) in [5, 5.41) is 2.74. The Labute approximate surface area is 164 Å². The number of carbonyl (C=O) groups is 3. The van der Waals surface area contributed by atoms with Crippen LogP contribution < -0.4 is 5.32 Å². The fourth-order valence-electron chi connectivity index (χ4n) is 3.01. The van der Waals surface area contributed by atoms with Crippen molar-refractivity contribution in [3.05, 3.63) is 29.3 Å². The molecule has 0 atom stereocenters. The largest absolute Gasteiger partial charge is 0.465 e. The molecule has 0 spiro atoms. The van der Waals surface area contributed by atoms with Crippen LogP contribution in [0.15, 0.2) is 23.1 Å². The smallest absolute Gasteiger partial charge is 0.337 e. The molecule has 1 heterocycles. The minimum absolute atomic E-state index is 0.0514. The zero-order chi connectivity index (χ0) is 20.9. The Kier molecular flexibility index (Phi) is 7.14. The summed E-state index contributed by atoms with van der Waals surface area (Å²) in [4.78, 5) is 34.6. The molecule has 1 fully saturated rings. The molecule has 9 nitrogen and oxygen atoms in total. The predicted octanol–water partition coefficient (Wildman–Crippen LogP) is 0.797. The van der Waals surface area contributed by atoms with Gasteiger partial charge in [0.15, 0.2) is 0 Å². The number of benzene rings is 1. The second-order valence-corrected chi connectivity index (χ2v) is 8.45. The Morgan fingerprint density at radius 3 is 1.96 bits per heavy atom. The highest BCUT2D eigenvalue weighted by Crippen LogP contribution is 2.25. The Morgan fingerprint density at radius 1 is 1.04 bits per heavy atom. The molecule has 0 saturated carbocycles. The third kappa shape index (κ3) is 5.08. The van der Waals surface area contributed by atoms with E-state index in [1.54, 1.807) is 0 Å². The van der Waals surface area contributed by atoms with E-state index in [2.05, 4.69) is 14.8 Å². The maximum atomic E-state index is 13.0. The third-order valence-electron chi connectivity index (χ3n) is 4.60. The van der Waals surface area contributed by atoms with Gasteiger partial charge in [-0.25, -0.2) is 18.0 Å². The van der Waals surface area contributed by atoms with Crippen LogP contribution in [0.3, 0.4) is 0 Å². The summed E-state index contributed by atoms with van der Waals surface area (Å²) in [6.45, 7) is 2.51. The molecule has 1 saturated heterocycles. The monoisotopic (exact) mass is 412 g/mol. The van der Waals surface area contributed by atoms with Crippen molar-refractivity contribution in [2.24, 2.45) is 5.92 Å². The van der Waals surface area contributed by atoms with Crippen molar-refractivity contribution < 1.29 is 32.3 Å². The summed E-state index contributed by atoms with van der Waals surface area (Å²) < 4.78 is 36.7. The molecular formula is C18H24N2O7S. The minimum Gasteiger partial charge on any atom is -0.465 e. The second kappa shape index (κ2) is 9.16. The lowest BCUT2D eigenvalue weighted by molar-refractivity contribution is -0.119. The number of rotatable bonds is 6. The van der Waals surface area contributed by atoms with E-state index in [-0.39, 0.29) is 40.9 Å². The molecule has 0 radical (unpaired) electrons. The average Bonchev–Trinajstić information content (AvgIpc) is 2.70. The summed E-state index contributed by atoms with van der Waals surface area (Å²) in [7, 11) is -1.58. The lowest BCUT2D eigenvalue weighted by atomic mass is 9.98. The second-order valence-electron chi connectivity index (χ2n) is 6.51. The van der Waals surface area contributed by atoms with Crippen molar-refractivity contribution in [3.8, 4) is 0 Å². The van der Waals surface area contributed by atoms with E-state index in [0.717, 1.165) is 0 Å². The highest BCUT2D eigenvalue weighted by atomic mass is 32.2. The van der Waals surface area contributed by atoms with Gasteiger partial charge < -0.3 is 14.8 Å². The van der Waals surface area contributed by atoms with Gasteiger partial charge in [-0.3, -0.25) is 4.79 Å². The Balaban J connectivity index is 2.26. The zero-order valence-corrected chi connectivity index (χ0v) is 16.9. The fraction of sp³-hybridized carbons (Fsp3) is 0.500. The highest BCUT2D eigenvalue weighted by molar-refractivity contribution is 7.89. The van der Waals surface area contributed by atoms with E-state index < -0.39 is 22.0 Å². The molecule has 1 aliphatic heterocycles. The number of hydrogen-bond donors (Lipinski definition) is 1. The molecule has 1 aromatic rings. The van der Waals surface area contributed by atoms with Crippen molar-refractivity contribution in [3.63, 3.8) is 0 Å². The van der Waals surface area contributed by atoms with Crippen LogP contribution in [-0.4, -0.2) is 64.4 Å². The summed E-state index contributed by atoms with van der Waals surface area (Å²) >= 11 is 0. The van der Waals surface area contributed by atoms with E-state index in [4.69, 9.17) is 0 Å². The number of carbonyl (C=O) groups excluding carboxylic acids is 3. The summed E-state index contributed by atoms with van der Waals surface area (Å²) in [6.07, 6.45) is 1.19. The molecule has 154 valence electrons. The quantitative estimate of drug-likeness (QED) is 0.686. The van der Waals surface area contributed by atoms with Crippen LogP contribution in [0.4, 0.5) is 0 Å². The Morgan fingerprint density at radius 2 is 1.54 bits per heavy atom. The first kappa shape index (κ1) is 21.8. The molecule has 0 bridgehead atoms. The molecule has 28 heavy (non-hydrogen) atoms. The van der Waals surface area contributed by atoms with Crippen molar-refractivity contribution in [1.82, 2.24) is 9.62 Å². The maximum Gasteiger partial charge on any atom is 0.337 e. The molecule has 2 rings (SSSR count). The van der Waals surface area contributed by atoms with Crippen LogP contribution in [0.2, 0.25) is 0 Å². The standard InChI is InChI=1S/C18H24N2O7S/c1-12(21)19-11-13-4-6-20(7-5-13)28(24,25)16-9-14(17(22)26-2)8-15(10-16)18(23)27-3/h8-10,13H,4-7,11H2,1-3H3,(H,19,21). The Bertz CT molecular complexity index is 824. The number of sulfonamides is 1. The zero-order valence-electron chi connectivity index (χ0n) is 16.1. The van der Waals surface area contributed by atoms with Gasteiger partial charge in [0.1, 0.15) is 0 Å². The van der Waals surface area contributed by atoms with E-state index in [0.29, 0.717) is 19.4 Å². The molecule has 0 unspecified atom stereocenters.